The van der Waals surface area contributed by atoms with Crippen molar-refractivity contribution in [2.45, 2.75) is 46.1 Å². The Morgan fingerprint density at radius 3 is 2.64 bits per heavy atom. The predicted octanol–water partition coefficient (Wildman–Crippen LogP) is 3.45. The quantitative estimate of drug-likeness (QED) is 0.558. The van der Waals surface area contributed by atoms with Gasteiger partial charge in [0, 0.05) is 11.3 Å². The Hall–Kier alpha value is -2.50. The minimum atomic E-state index is -0.601. The Morgan fingerprint density at radius 2 is 1.92 bits per heavy atom. The molecule has 0 saturated carbocycles. The van der Waals surface area contributed by atoms with Crippen molar-refractivity contribution in [2.75, 3.05) is 13.2 Å². The van der Waals surface area contributed by atoms with Gasteiger partial charge in [-0.3, -0.25) is 0 Å². The van der Waals surface area contributed by atoms with E-state index < -0.39 is 12.0 Å². The average Bonchev–Trinajstić information content (AvgIpc) is 2.59. The second kappa shape index (κ2) is 9.11. The number of allylic oxidation sites excluding steroid dienone is 1. The van der Waals surface area contributed by atoms with Gasteiger partial charge in [-0.2, -0.15) is 0 Å². The second-order valence-electron chi connectivity index (χ2n) is 5.95. The van der Waals surface area contributed by atoms with E-state index in [0.29, 0.717) is 30.2 Å². The molecule has 0 fully saturated rings. The van der Waals surface area contributed by atoms with Crippen LogP contribution in [0.25, 0.3) is 0 Å². The highest BCUT2D eigenvalue weighted by Gasteiger charge is 2.33. The number of nitrogens with one attached hydrogen (secondary N) is 2. The third-order valence-electron chi connectivity index (χ3n) is 3.91. The lowest BCUT2D eigenvalue weighted by Crippen LogP contribution is -2.45. The molecule has 25 heavy (non-hydrogen) atoms. The Bertz CT molecular complexity index is 655. The van der Waals surface area contributed by atoms with Crippen molar-refractivity contribution in [3.63, 3.8) is 0 Å². The summed E-state index contributed by atoms with van der Waals surface area (Å²) >= 11 is 0. The van der Waals surface area contributed by atoms with Crippen LogP contribution in [0.5, 0.6) is 5.75 Å². The van der Waals surface area contributed by atoms with Crippen molar-refractivity contribution >= 4 is 12.0 Å². The number of amides is 2. The van der Waals surface area contributed by atoms with Gasteiger partial charge in [-0.05, 0) is 25.8 Å². The van der Waals surface area contributed by atoms with E-state index in [4.69, 9.17) is 9.47 Å². The zero-order valence-corrected chi connectivity index (χ0v) is 15.1. The molecule has 6 nitrogen and oxygen atoms in total. The van der Waals surface area contributed by atoms with Gasteiger partial charge in [0.25, 0.3) is 0 Å². The summed E-state index contributed by atoms with van der Waals surface area (Å²) in [6.45, 7) is 6.69. The summed E-state index contributed by atoms with van der Waals surface area (Å²) in [6.07, 6.45) is 2.61. The maximum absolute atomic E-state index is 12.6. The number of para-hydroxylation sites is 1. The molecule has 0 saturated heterocycles. The molecule has 1 aromatic carbocycles. The molecule has 1 aliphatic heterocycles. The Kier molecular flexibility index (Phi) is 6.86. The van der Waals surface area contributed by atoms with E-state index >= 15 is 0 Å². The van der Waals surface area contributed by atoms with Crippen LogP contribution in [0.4, 0.5) is 4.79 Å². The minimum Gasteiger partial charge on any atom is -0.493 e. The number of urea groups is 1. The van der Waals surface area contributed by atoms with Crippen molar-refractivity contribution in [2.24, 2.45) is 0 Å². The number of rotatable bonds is 8. The first-order chi connectivity index (χ1) is 12.1. The van der Waals surface area contributed by atoms with Crippen molar-refractivity contribution in [3.05, 3.63) is 41.1 Å². The highest BCUT2D eigenvalue weighted by molar-refractivity contribution is 5.95. The van der Waals surface area contributed by atoms with E-state index in [-0.39, 0.29) is 6.03 Å². The molecule has 6 heteroatoms. The van der Waals surface area contributed by atoms with Crippen LogP contribution in [0.3, 0.4) is 0 Å². The Morgan fingerprint density at radius 1 is 1.16 bits per heavy atom. The molecular weight excluding hydrogens is 320 g/mol. The van der Waals surface area contributed by atoms with Crippen LogP contribution in [0, 0.1) is 0 Å². The van der Waals surface area contributed by atoms with Crippen molar-refractivity contribution in [1.29, 1.82) is 0 Å². The van der Waals surface area contributed by atoms with Gasteiger partial charge in [0.1, 0.15) is 5.75 Å². The first-order valence-electron chi connectivity index (χ1n) is 8.75. The van der Waals surface area contributed by atoms with Gasteiger partial charge in [-0.25, -0.2) is 9.59 Å². The molecule has 2 amide bonds. The zero-order chi connectivity index (χ0) is 18.2. The fourth-order valence-corrected chi connectivity index (χ4v) is 2.65. The van der Waals surface area contributed by atoms with E-state index in [0.717, 1.165) is 24.8 Å². The summed E-state index contributed by atoms with van der Waals surface area (Å²) in [5, 5.41) is 5.46. The molecule has 0 unspecified atom stereocenters. The third-order valence-corrected chi connectivity index (χ3v) is 3.91. The average molecular weight is 346 g/mol. The Labute approximate surface area is 148 Å². The van der Waals surface area contributed by atoms with Crippen LogP contribution in [-0.4, -0.2) is 25.2 Å². The zero-order valence-electron chi connectivity index (χ0n) is 15.1. The van der Waals surface area contributed by atoms with Crippen molar-refractivity contribution < 1.29 is 19.1 Å². The highest BCUT2D eigenvalue weighted by atomic mass is 16.5. The van der Waals surface area contributed by atoms with Gasteiger partial charge in [-0.1, -0.05) is 38.5 Å². The number of esters is 1. The number of hydrogen-bond donors (Lipinski definition) is 2. The maximum atomic E-state index is 12.6. The van der Waals surface area contributed by atoms with E-state index in [1.807, 2.05) is 38.1 Å². The maximum Gasteiger partial charge on any atom is 0.338 e. The van der Waals surface area contributed by atoms with Crippen LogP contribution in [0.15, 0.2) is 35.5 Å². The molecule has 1 atom stereocenters. The van der Waals surface area contributed by atoms with Crippen LogP contribution >= 0.6 is 0 Å². The highest BCUT2D eigenvalue weighted by Crippen LogP contribution is 2.33. The molecule has 0 bridgehead atoms. The summed E-state index contributed by atoms with van der Waals surface area (Å²) in [5.74, 6) is 0.233. The van der Waals surface area contributed by atoms with Crippen LogP contribution < -0.4 is 15.4 Å². The lowest BCUT2D eigenvalue weighted by atomic mass is 9.95. The third kappa shape index (κ3) is 4.75. The van der Waals surface area contributed by atoms with E-state index in [2.05, 4.69) is 10.6 Å². The predicted molar refractivity (Wildman–Crippen MR) is 95.2 cm³/mol. The van der Waals surface area contributed by atoms with Gasteiger partial charge in [0.15, 0.2) is 0 Å². The number of unbranched alkanes of at least 4 members (excludes halogenated alkanes) is 1. The Balaban J connectivity index is 2.34. The van der Waals surface area contributed by atoms with Gasteiger partial charge >= 0.3 is 12.0 Å². The molecule has 0 aliphatic carbocycles. The molecule has 1 aliphatic rings. The number of ether oxygens (including phenoxy) is 2. The minimum absolute atomic E-state index is 0.349. The van der Waals surface area contributed by atoms with Crippen LogP contribution in [0.1, 0.15) is 51.6 Å². The summed E-state index contributed by atoms with van der Waals surface area (Å²) in [5.41, 5.74) is 1.65. The molecule has 0 radical (unpaired) electrons. The summed E-state index contributed by atoms with van der Waals surface area (Å²) in [7, 11) is 0. The summed E-state index contributed by atoms with van der Waals surface area (Å²) in [6, 6.07) is 6.47. The molecule has 2 N–H and O–H groups in total. The number of carbonyl (C=O) groups excluding carboxylic acids is 2. The molecule has 136 valence electrons. The van der Waals surface area contributed by atoms with Gasteiger partial charge in [0.05, 0.1) is 24.8 Å². The lowest BCUT2D eigenvalue weighted by Gasteiger charge is -2.29. The van der Waals surface area contributed by atoms with Crippen molar-refractivity contribution in [1.82, 2.24) is 10.6 Å². The summed E-state index contributed by atoms with van der Waals surface area (Å²) in [4.78, 5) is 24.5. The molecular formula is C19H26N2O4. The second-order valence-corrected chi connectivity index (χ2v) is 5.95. The lowest BCUT2D eigenvalue weighted by molar-refractivity contribution is -0.139. The van der Waals surface area contributed by atoms with Gasteiger partial charge in [-0.15, -0.1) is 0 Å². The first-order valence-corrected chi connectivity index (χ1v) is 8.75. The standard InChI is InChI=1S/C19H26N2O4/c1-4-6-12-25-18(22)16-13(3)20-19(23)21-17(16)14-9-7-8-10-15(14)24-11-5-2/h7-10,17H,4-6,11-12H2,1-3H3,(H2,20,21,23)/t17-/m1/s1. The molecule has 0 aromatic heterocycles. The van der Waals surface area contributed by atoms with E-state index in [1.165, 1.54) is 0 Å². The monoisotopic (exact) mass is 346 g/mol. The number of hydrogen-bond acceptors (Lipinski definition) is 4. The van der Waals surface area contributed by atoms with Crippen molar-refractivity contribution in [3.8, 4) is 5.75 Å². The van der Waals surface area contributed by atoms with E-state index in [9.17, 15) is 9.59 Å². The first kappa shape index (κ1) is 18.8. The van der Waals surface area contributed by atoms with Crippen LogP contribution in [-0.2, 0) is 9.53 Å². The number of carbonyl (C=O) groups is 2. The van der Waals surface area contributed by atoms with E-state index in [1.54, 1.807) is 6.92 Å². The smallest absolute Gasteiger partial charge is 0.338 e. The SMILES string of the molecule is CCCCOC(=O)C1=C(C)NC(=O)N[C@@H]1c1ccccc1OCCC. The topological polar surface area (TPSA) is 76.7 Å². The molecule has 2 rings (SSSR count). The molecule has 0 spiro atoms. The van der Waals surface area contributed by atoms with Gasteiger partial charge < -0.3 is 20.1 Å². The van der Waals surface area contributed by atoms with Gasteiger partial charge in [0.2, 0.25) is 0 Å². The fourth-order valence-electron chi connectivity index (χ4n) is 2.65. The fraction of sp³-hybridized carbons (Fsp3) is 0.474. The number of benzene rings is 1. The normalized spacial score (nSPS) is 16.9. The molecule has 1 aromatic rings. The largest absolute Gasteiger partial charge is 0.493 e. The molecule has 1 heterocycles. The van der Waals surface area contributed by atoms with Crippen LogP contribution in [0.2, 0.25) is 0 Å². The summed E-state index contributed by atoms with van der Waals surface area (Å²) < 4.78 is 11.2.